The van der Waals surface area contributed by atoms with Crippen LogP contribution in [0.5, 0.6) is 0 Å². The van der Waals surface area contributed by atoms with Crippen LogP contribution in [0.15, 0.2) is 78.9 Å². The topological polar surface area (TPSA) is 49.4 Å². The van der Waals surface area contributed by atoms with Crippen molar-refractivity contribution in [2.24, 2.45) is 0 Å². The van der Waals surface area contributed by atoms with Gasteiger partial charge >= 0.3 is 0 Å². The molecular formula is C24H24N2O2. The van der Waals surface area contributed by atoms with Gasteiger partial charge in [-0.1, -0.05) is 66.2 Å². The van der Waals surface area contributed by atoms with E-state index in [0.29, 0.717) is 6.54 Å². The number of amides is 2. The highest BCUT2D eigenvalue weighted by molar-refractivity contribution is 6.09. The molecule has 0 aromatic heterocycles. The van der Waals surface area contributed by atoms with E-state index in [1.165, 1.54) is 0 Å². The number of hydrogen-bond acceptors (Lipinski definition) is 2. The first-order chi connectivity index (χ1) is 13.5. The van der Waals surface area contributed by atoms with E-state index in [-0.39, 0.29) is 18.2 Å². The van der Waals surface area contributed by atoms with Crippen molar-refractivity contribution in [2.45, 2.75) is 26.8 Å². The number of rotatable bonds is 6. The highest BCUT2D eigenvalue weighted by Gasteiger charge is 2.19. The van der Waals surface area contributed by atoms with Crippen molar-refractivity contribution in [1.29, 1.82) is 0 Å². The SMILES string of the molecule is Cc1ccc(NC(=O)CC(=O)N(Cc2ccccc2)c2ccccc2)c(C)c1. The number of carbonyl (C=O) groups excluding carboxylic acids is 2. The fourth-order valence-electron chi connectivity index (χ4n) is 3.08. The van der Waals surface area contributed by atoms with Crippen LogP contribution in [-0.4, -0.2) is 11.8 Å². The Morgan fingerprint density at radius 3 is 2.14 bits per heavy atom. The summed E-state index contributed by atoms with van der Waals surface area (Å²) in [5.74, 6) is -0.553. The minimum atomic E-state index is -0.314. The molecule has 0 aliphatic carbocycles. The van der Waals surface area contributed by atoms with E-state index in [1.807, 2.05) is 92.7 Å². The van der Waals surface area contributed by atoms with E-state index in [0.717, 1.165) is 28.1 Å². The molecule has 4 heteroatoms. The summed E-state index contributed by atoms with van der Waals surface area (Å²) < 4.78 is 0. The van der Waals surface area contributed by atoms with Gasteiger partial charge in [-0.25, -0.2) is 0 Å². The first kappa shape index (κ1) is 19.4. The molecule has 0 aliphatic heterocycles. The molecule has 2 amide bonds. The molecule has 0 aliphatic rings. The summed E-state index contributed by atoms with van der Waals surface area (Å²) in [6.45, 7) is 4.36. The van der Waals surface area contributed by atoms with Crippen LogP contribution < -0.4 is 10.2 Å². The van der Waals surface area contributed by atoms with Crippen molar-refractivity contribution in [2.75, 3.05) is 10.2 Å². The van der Waals surface area contributed by atoms with Crippen molar-refractivity contribution < 1.29 is 9.59 Å². The lowest BCUT2D eigenvalue weighted by Gasteiger charge is -2.23. The molecule has 3 aromatic carbocycles. The van der Waals surface area contributed by atoms with Crippen molar-refractivity contribution in [3.05, 3.63) is 95.6 Å². The number of nitrogens with one attached hydrogen (secondary N) is 1. The van der Waals surface area contributed by atoms with Crippen LogP contribution in [0.4, 0.5) is 11.4 Å². The first-order valence-electron chi connectivity index (χ1n) is 9.29. The van der Waals surface area contributed by atoms with Gasteiger partial charge in [-0.15, -0.1) is 0 Å². The largest absolute Gasteiger partial charge is 0.325 e. The fraction of sp³-hybridized carbons (Fsp3) is 0.167. The van der Waals surface area contributed by atoms with Crippen LogP contribution >= 0.6 is 0 Å². The molecule has 0 spiro atoms. The second-order valence-corrected chi connectivity index (χ2v) is 6.84. The third-order valence-electron chi connectivity index (χ3n) is 4.52. The van der Waals surface area contributed by atoms with Crippen LogP contribution in [0.1, 0.15) is 23.1 Å². The average Bonchev–Trinajstić information content (AvgIpc) is 2.69. The molecule has 1 N–H and O–H groups in total. The number of benzene rings is 3. The Balaban J connectivity index is 1.74. The highest BCUT2D eigenvalue weighted by atomic mass is 16.2. The van der Waals surface area contributed by atoms with E-state index in [1.54, 1.807) is 4.90 Å². The third kappa shape index (κ3) is 5.07. The molecule has 0 heterocycles. The maximum absolute atomic E-state index is 13.0. The van der Waals surface area contributed by atoms with Gasteiger partial charge in [-0.05, 0) is 43.2 Å². The van der Waals surface area contributed by atoms with Gasteiger partial charge in [0.1, 0.15) is 6.42 Å². The molecule has 3 aromatic rings. The number of para-hydroxylation sites is 1. The van der Waals surface area contributed by atoms with E-state index in [9.17, 15) is 9.59 Å². The monoisotopic (exact) mass is 372 g/mol. The van der Waals surface area contributed by atoms with Crippen LogP contribution in [0.2, 0.25) is 0 Å². The summed E-state index contributed by atoms with van der Waals surface area (Å²) in [5, 5.41) is 2.85. The smallest absolute Gasteiger partial charge is 0.236 e. The lowest BCUT2D eigenvalue weighted by atomic mass is 10.1. The highest BCUT2D eigenvalue weighted by Crippen LogP contribution is 2.20. The van der Waals surface area contributed by atoms with Gasteiger partial charge in [0.2, 0.25) is 11.8 Å². The standard InChI is InChI=1S/C24H24N2O2/c1-18-13-14-22(19(2)15-18)25-23(27)16-24(28)26(21-11-7-4-8-12-21)17-20-9-5-3-6-10-20/h3-15H,16-17H2,1-2H3,(H,25,27). The van der Waals surface area contributed by atoms with Gasteiger partial charge in [0.15, 0.2) is 0 Å². The zero-order chi connectivity index (χ0) is 19.9. The van der Waals surface area contributed by atoms with Gasteiger partial charge in [0.25, 0.3) is 0 Å². The molecule has 0 saturated carbocycles. The molecule has 0 unspecified atom stereocenters. The van der Waals surface area contributed by atoms with Crippen molar-refractivity contribution in [1.82, 2.24) is 0 Å². The number of anilines is 2. The summed E-state index contributed by atoms with van der Waals surface area (Å²) in [6.07, 6.45) is -0.213. The zero-order valence-corrected chi connectivity index (χ0v) is 16.2. The second kappa shape index (κ2) is 9.00. The van der Waals surface area contributed by atoms with E-state index in [4.69, 9.17) is 0 Å². The Labute approximate surface area is 165 Å². The van der Waals surface area contributed by atoms with Crippen LogP contribution in [0.3, 0.4) is 0 Å². The average molecular weight is 372 g/mol. The Morgan fingerprint density at radius 2 is 1.50 bits per heavy atom. The Hall–Kier alpha value is -3.40. The number of carbonyl (C=O) groups is 2. The summed E-state index contributed by atoms with van der Waals surface area (Å²) >= 11 is 0. The summed E-state index contributed by atoms with van der Waals surface area (Å²) in [5.41, 5.74) is 4.62. The van der Waals surface area contributed by atoms with E-state index < -0.39 is 0 Å². The molecule has 0 bridgehead atoms. The van der Waals surface area contributed by atoms with Gasteiger partial charge in [0.05, 0.1) is 6.54 Å². The third-order valence-corrected chi connectivity index (χ3v) is 4.52. The minimum absolute atomic E-state index is 0.213. The van der Waals surface area contributed by atoms with Gasteiger partial charge in [-0.2, -0.15) is 0 Å². The molecule has 0 radical (unpaired) electrons. The second-order valence-electron chi connectivity index (χ2n) is 6.84. The lowest BCUT2D eigenvalue weighted by molar-refractivity contribution is -0.125. The Kier molecular flexibility index (Phi) is 6.22. The fourth-order valence-corrected chi connectivity index (χ4v) is 3.08. The van der Waals surface area contributed by atoms with E-state index >= 15 is 0 Å². The molecule has 0 atom stereocenters. The van der Waals surface area contributed by atoms with E-state index in [2.05, 4.69) is 5.32 Å². The summed E-state index contributed by atoms with van der Waals surface area (Å²) in [7, 11) is 0. The van der Waals surface area contributed by atoms with Gasteiger partial charge in [-0.3, -0.25) is 9.59 Å². The van der Waals surface area contributed by atoms with Gasteiger partial charge < -0.3 is 10.2 Å². The maximum Gasteiger partial charge on any atom is 0.236 e. The zero-order valence-electron chi connectivity index (χ0n) is 16.2. The Morgan fingerprint density at radius 1 is 0.857 bits per heavy atom. The predicted molar refractivity (Wildman–Crippen MR) is 113 cm³/mol. The van der Waals surface area contributed by atoms with Crippen molar-refractivity contribution in [3.8, 4) is 0 Å². The minimum Gasteiger partial charge on any atom is -0.325 e. The molecule has 28 heavy (non-hydrogen) atoms. The quantitative estimate of drug-likeness (QED) is 0.628. The maximum atomic E-state index is 13.0. The Bertz CT molecular complexity index is 953. The molecule has 0 fully saturated rings. The summed E-state index contributed by atoms with van der Waals surface area (Å²) in [6, 6.07) is 25.0. The predicted octanol–water partition coefficient (Wildman–Crippen LogP) is 4.87. The molecule has 4 nitrogen and oxygen atoms in total. The molecule has 3 rings (SSSR count). The van der Waals surface area contributed by atoms with Crippen molar-refractivity contribution >= 4 is 23.2 Å². The van der Waals surface area contributed by atoms with Crippen LogP contribution in [0, 0.1) is 13.8 Å². The lowest BCUT2D eigenvalue weighted by Crippen LogP contribution is -2.33. The van der Waals surface area contributed by atoms with Crippen LogP contribution in [0.25, 0.3) is 0 Å². The molecule has 0 saturated heterocycles. The summed E-state index contributed by atoms with van der Waals surface area (Å²) in [4.78, 5) is 27.1. The number of hydrogen-bond donors (Lipinski definition) is 1. The first-order valence-corrected chi connectivity index (χ1v) is 9.29. The normalized spacial score (nSPS) is 10.4. The number of nitrogens with zero attached hydrogens (tertiary/aromatic N) is 1. The molecule has 142 valence electrons. The number of aryl methyl sites for hydroxylation is 2. The van der Waals surface area contributed by atoms with Gasteiger partial charge in [0, 0.05) is 11.4 Å². The van der Waals surface area contributed by atoms with Crippen LogP contribution in [-0.2, 0) is 16.1 Å². The molecular weight excluding hydrogens is 348 g/mol. The van der Waals surface area contributed by atoms with Crippen molar-refractivity contribution in [3.63, 3.8) is 0 Å².